The second-order valence-corrected chi connectivity index (χ2v) is 9.85. The Morgan fingerprint density at radius 1 is 0.950 bits per heavy atom. The van der Waals surface area contributed by atoms with Crippen molar-refractivity contribution in [3.63, 3.8) is 0 Å². The minimum Gasteiger partial charge on any atom is -0.508 e. The van der Waals surface area contributed by atoms with E-state index < -0.39 is 30.1 Å². The summed E-state index contributed by atoms with van der Waals surface area (Å²) in [5, 5.41) is 22.2. The third kappa shape index (κ3) is 6.25. The molecule has 10 heteroatoms. The molecule has 1 aromatic heterocycles. The molecule has 204 valence electrons. The normalized spacial score (nSPS) is 11.7. The number of benzene rings is 3. The highest BCUT2D eigenvalue weighted by molar-refractivity contribution is 6.40. The molecule has 0 spiro atoms. The molecule has 1 heterocycles. The van der Waals surface area contributed by atoms with Crippen molar-refractivity contribution in [2.75, 3.05) is 0 Å². The number of hydrogen-bond acceptors (Lipinski definition) is 5. The Kier molecular flexibility index (Phi) is 8.72. The van der Waals surface area contributed by atoms with E-state index in [1.54, 1.807) is 48.5 Å². The van der Waals surface area contributed by atoms with Crippen molar-refractivity contribution in [3.05, 3.63) is 106 Å². The summed E-state index contributed by atoms with van der Waals surface area (Å²) in [6, 6.07) is 16.4. The molecule has 0 aliphatic heterocycles. The molecule has 0 bridgehead atoms. The molecule has 1 unspecified atom stereocenters. The van der Waals surface area contributed by atoms with E-state index >= 15 is 0 Å². The lowest BCUT2D eigenvalue weighted by Crippen LogP contribution is -2.42. The summed E-state index contributed by atoms with van der Waals surface area (Å²) in [6.07, 6.45) is 1.29. The maximum atomic E-state index is 13.1. The van der Waals surface area contributed by atoms with Crippen LogP contribution in [0.3, 0.4) is 0 Å². The van der Waals surface area contributed by atoms with Crippen LogP contribution in [0.25, 0.3) is 17.1 Å². The number of carboxylic acid groups (broad SMARTS) is 1. The van der Waals surface area contributed by atoms with Gasteiger partial charge in [-0.2, -0.15) is 0 Å². The van der Waals surface area contributed by atoms with Gasteiger partial charge in [-0.25, -0.2) is 4.79 Å². The Hall–Kier alpha value is -4.40. The lowest BCUT2D eigenvalue weighted by atomic mass is 9.98. The number of rotatable bonds is 11. The summed E-state index contributed by atoms with van der Waals surface area (Å²) < 4.78 is 1.52. The van der Waals surface area contributed by atoms with E-state index in [9.17, 15) is 29.4 Å². The number of aryl methyl sites for hydroxylation is 1. The summed E-state index contributed by atoms with van der Waals surface area (Å²) in [4.78, 5) is 50.8. The fourth-order valence-corrected chi connectivity index (χ4v) is 5.08. The first kappa shape index (κ1) is 28.6. The van der Waals surface area contributed by atoms with Crippen LogP contribution < -0.4 is 5.32 Å². The van der Waals surface area contributed by atoms with Gasteiger partial charge in [0.2, 0.25) is 0 Å². The summed E-state index contributed by atoms with van der Waals surface area (Å²) in [5.74, 6) is -3.03. The van der Waals surface area contributed by atoms with Crippen LogP contribution in [0.4, 0.5) is 0 Å². The number of phenols is 1. The second kappa shape index (κ2) is 12.2. The van der Waals surface area contributed by atoms with Crippen LogP contribution in [0.15, 0.2) is 73.3 Å². The molecule has 1 amide bonds. The maximum Gasteiger partial charge on any atom is 0.326 e. The zero-order chi connectivity index (χ0) is 29.0. The molecule has 1 atom stereocenters. The number of aromatic hydroxyl groups is 1. The molecule has 0 aliphatic rings. The van der Waals surface area contributed by atoms with Crippen molar-refractivity contribution >= 4 is 63.7 Å². The molecule has 4 rings (SSSR count). The number of aromatic nitrogens is 1. The van der Waals surface area contributed by atoms with Gasteiger partial charge in [0, 0.05) is 30.0 Å². The average Bonchev–Trinajstić information content (AvgIpc) is 3.29. The van der Waals surface area contributed by atoms with Gasteiger partial charge in [-0.1, -0.05) is 60.1 Å². The minimum absolute atomic E-state index is 0.0952. The van der Waals surface area contributed by atoms with Crippen LogP contribution in [-0.4, -0.2) is 44.3 Å². The van der Waals surface area contributed by atoms with Crippen molar-refractivity contribution in [2.24, 2.45) is 0 Å². The van der Waals surface area contributed by atoms with Crippen molar-refractivity contribution in [1.82, 2.24) is 9.88 Å². The predicted octanol–water partition coefficient (Wildman–Crippen LogP) is 6.03. The monoisotopic (exact) mass is 578 g/mol. The Balaban J connectivity index is 1.49. The molecule has 3 aromatic carbocycles. The quantitative estimate of drug-likeness (QED) is 0.187. The lowest BCUT2D eigenvalue weighted by molar-refractivity contribution is -0.139. The fourth-order valence-electron chi connectivity index (χ4n) is 4.38. The Bertz CT molecular complexity index is 1640. The number of nitrogens with zero attached hydrogens (tertiary/aromatic N) is 1. The van der Waals surface area contributed by atoms with E-state index in [1.807, 2.05) is 0 Å². The number of aliphatic carboxylic acids is 1. The standard InChI is InChI=1S/C30H24Cl2N2O6/c1-2-34-24-9-4-3-7-18(24)15-25(34)29(38)33-23(30(39)40)16-27(37)28-21(31)13-19(14-22(28)32)26(36)11-10-17-6-5-8-20(35)12-17/h2-9,12-15,23,35H,1,10-11,16H2,(H,33,38)(H,39,40). The summed E-state index contributed by atoms with van der Waals surface area (Å²) >= 11 is 12.6. The number of hydrogen-bond donors (Lipinski definition) is 3. The molecule has 0 aliphatic carbocycles. The van der Waals surface area contributed by atoms with Crippen LogP contribution in [0, 0.1) is 0 Å². The molecule has 0 radical (unpaired) electrons. The number of phenolic OH excluding ortho intramolecular Hbond substituents is 1. The highest BCUT2D eigenvalue weighted by Gasteiger charge is 2.28. The van der Waals surface area contributed by atoms with E-state index in [0.717, 1.165) is 10.9 Å². The molecule has 0 saturated heterocycles. The molecular weight excluding hydrogens is 555 g/mol. The zero-order valence-corrected chi connectivity index (χ0v) is 22.6. The van der Waals surface area contributed by atoms with Gasteiger partial charge < -0.3 is 20.1 Å². The van der Waals surface area contributed by atoms with Gasteiger partial charge in [0.15, 0.2) is 11.6 Å². The van der Waals surface area contributed by atoms with Crippen LogP contribution >= 0.6 is 23.2 Å². The first-order valence-electron chi connectivity index (χ1n) is 12.2. The average molecular weight is 579 g/mol. The summed E-state index contributed by atoms with van der Waals surface area (Å²) in [5.41, 5.74) is 1.67. The zero-order valence-electron chi connectivity index (χ0n) is 21.1. The first-order valence-corrected chi connectivity index (χ1v) is 12.9. The fraction of sp³-hybridized carbons (Fsp3) is 0.133. The number of carboxylic acids is 1. The van der Waals surface area contributed by atoms with Crippen molar-refractivity contribution in [3.8, 4) is 5.75 Å². The van der Waals surface area contributed by atoms with Gasteiger partial charge in [-0.15, -0.1) is 0 Å². The van der Waals surface area contributed by atoms with Crippen molar-refractivity contribution in [1.29, 1.82) is 0 Å². The Labute approximate surface area is 239 Å². The van der Waals surface area contributed by atoms with Gasteiger partial charge in [-0.05, 0) is 48.4 Å². The second-order valence-electron chi connectivity index (χ2n) is 9.04. The summed E-state index contributed by atoms with van der Waals surface area (Å²) in [7, 11) is 0. The topological polar surface area (TPSA) is 126 Å². The number of amides is 1. The lowest BCUT2D eigenvalue weighted by Gasteiger charge is -2.16. The van der Waals surface area contributed by atoms with Crippen molar-refractivity contribution in [2.45, 2.75) is 25.3 Å². The number of halogens is 2. The number of carbonyl (C=O) groups excluding carboxylic acids is 3. The third-order valence-electron chi connectivity index (χ3n) is 6.35. The molecule has 3 N–H and O–H groups in total. The largest absolute Gasteiger partial charge is 0.508 e. The van der Waals surface area contributed by atoms with E-state index in [1.165, 1.54) is 29.0 Å². The van der Waals surface area contributed by atoms with E-state index in [-0.39, 0.29) is 44.8 Å². The molecule has 0 saturated carbocycles. The van der Waals surface area contributed by atoms with Crippen LogP contribution in [0.2, 0.25) is 10.0 Å². The predicted molar refractivity (Wildman–Crippen MR) is 153 cm³/mol. The van der Waals surface area contributed by atoms with Gasteiger partial charge in [0.25, 0.3) is 5.91 Å². The molecule has 4 aromatic rings. The molecule has 0 fully saturated rings. The van der Waals surface area contributed by atoms with Crippen LogP contribution in [-0.2, 0) is 11.2 Å². The SMILES string of the molecule is C=Cn1c(C(=O)NC(CC(=O)c2c(Cl)cc(C(=O)CCc3cccc(O)c3)cc2Cl)C(=O)O)cc2ccccc21. The number of nitrogens with one attached hydrogen (secondary N) is 1. The van der Waals surface area contributed by atoms with Crippen molar-refractivity contribution < 1.29 is 29.4 Å². The van der Waals surface area contributed by atoms with Gasteiger partial charge in [0.05, 0.1) is 21.1 Å². The summed E-state index contributed by atoms with van der Waals surface area (Å²) in [6.45, 7) is 3.72. The molecule has 40 heavy (non-hydrogen) atoms. The van der Waals surface area contributed by atoms with Crippen LogP contribution in [0.1, 0.15) is 49.6 Å². The van der Waals surface area contributed by atoms with E-state index in [4.69, 9.17) is 23.2 Å². The van der Waals surface area contributed by atoms with E-state index in [0.29, 0.717) is 11.9 Å². The highest BCUT2D eigenvalue weighted by atomic mass is 35.5. The van der Waals surface area contributed by atoms with Crippen LogP contribution in [0.5, 0.6) is 5.75 Å². The van der Waals surface area contributed by atoms with Gasteiger partial charge >= 0.3 is 5.97 Å². The Morgan fingerprint density at radius 2 is 1.65 bits per heavy atom. The smallest absolute Gasteiger partial charge is 0.326 e. The van der Waals surface area contributed by atoms with E-state index in [2.05, 4.69) is 11.9 Å². The minimum atomic E-state index is -1.58. The maximum absolute atomic E-state index is 13.1. The number of ketones is 2. The Morgan fingerprint density at radius 3 is 2.30 bits per heavy atom. The van der Waals surface area contributed by atoms with Gasteiger partial charge in [-0.3, -0.25) is 14.4 Å². The number of Topliss-reactive ketones (excluding diaryl/α,β-unsaturated/α-hetero) is 2. The van der Waals surface area contributed by atoms with Gasteiger partial charge in [0.1, 0.15) is 17.5 Å². The number of fused-ring (bicyclic) bond motifs is 1. The molecule has 8 nitrogen and oxygen atoms in total. The molecular formula is C30H24Cl2N2O6. The number of carbonyl (C=O) groups is 4. The highest BCUT2D eigenvalue weighted by Crippen LogP contribution is 2.29. The first-order chi connectivity index (χ1) is 19.1. The third-order valence-corrected chi connectivity index (χ3v) is 6.95. The number of para-hydroxylation sites is 1.